The first-order valence-electron chi connectivity index (χ1n) is 19.7. The molecule has 4 heterocycles. The molecule has 0 spiro atoms. The monoisotopic (exact) mass is 864 g/mol. The van der Waals surface area contributed by atoms with Gasteiger partial charge in [0.1, 0.15) is 29.8 Å². The van der Waals surface area contributed by atoms with E-state index < -0.39 is 72.5 Å². The Kier molecular flexibility index (Phi) is 11.6. The van der Waals surface area contributed by atoms with Crippen molar-refractivity contribution in [2.75, 3.05) is 23.4 Å². The molecule has 2 aliphatic rings. The number of anilines is 2. The average molecular weight is 865 g/mol. The highest BCUT2D eigenvalue weighted by molar-refractivity contribution is 6.22. The van der Waals surface area contributed by atoms with Gasteiger partial charge in [-0.1, -0.05) is 42.5 Å². The predicted molar refractivity (Wildman–Crippen MR) is 226 cm³/mol. The van der Waals surface area contributed by atoms with Gasteiger partial charge in [0, 0.05) is 73.2 Å². The molecule has 3 N–H and O–H groups in total. The van der Waals surface area contributed by atoms with Crippen LogP contribution < -0.4 is 15.0 Å². The van der Waals surface area contributed by atoms with Crippen LogP contribution in [0.2, 0.25) is 0 Å². The highest BCUT2D eigenvalue weighted by Gasteiger charge is 2.53. The zero-order valence-corrected chi connectivity index (χ0v) is 34.6. The SMILES string of the molecule is CC(=O)OC[C@H]1O[C@@H](Oc2cc3c(c4ccccc24)CC(Cl)CN3C(=O)c2cc3cc(NC(=O)c4cc5ccccc5[nH]4)ccc3[nH]2)[C@H](OC(C)=O)[C@@H](OC(C)=O)[C@H]1OC(C)=O. The molecule has 62 heavy (non-hydrogen) atoms. The second-order valence-corrected chi connectivity index (χ2v) is 15.6. The van der Waals surface area contributed by atoms with Gasteiger partial charge in [0.15, 0.2) is 12.2 Å². The molecule has 0 saturated carbocycles. The largest absolute Gasteiger partial charge is 0.463 e. The van der Waals surface area contributed by atoms with Crippen molar-refractivity contribution in [3.05, 3.63) is 102 Å². The van der Waals surface area contributed by atoms with Crippen molar-refractivity contribution in [2.24, 2.45) is 0 Å². The van der Waals surface area contributed by atoms with Crippen molar-refractivity contribution in [3.8, 4) is 5.75 Å². The normalized spacial score (nSPS) is 20.9. The molecule has 2 aromatic heterocycles. The lowest BCUT2D eigenvalue weighted by molar-refractivity contribution is -0.288. The number of hydrogen-bond acceptors (Lipinski definition) is 12. The number of aromatic nitrogens is 2. The maximum Gasteiger partial charge on any atom is 0.303 e. The van der Waals surface area contributed by atoms with Crippen molar-refractivity contribution in [1.29, 1.82) is 0 Å². The van der Waals surface area contributed by atoms with Crippen molar-refractivity contribution < 1.29 is 57.2 Å². The number of nitrogens with zero attached hydrogens (tertiary/aromatic N) is 1. The number of benzene rings is 4. The average Bonchev–Trinajstić information content (AvgIpc) is 3.86. The number of alkyl halides is 1. The van der Waals surface area contributed by atoms with Gasteiger partial charge in [-0.25, -0.2) is 0 Å². The number of para-hydroxylation sites is 1. The van der Waals surface area contributed by atoms with Crippen molar-refractivity contribution >= 4 is 91.2 Å². The second kappa shape index (κ2) is 17.2. The summed E-state index contributed by atoms with van der Waals surface area (Å²) in [6.45, 7) is 4.27. The van der Waals surface area contributed by atoms with Gasteiger partial charge in [0.25, 0.3) is 11.8 Å². The third-order valence-electron chi connectivity index (χ3n) is 10.5. The van der Waals surface area contributed by atoms with Gasteiger partial charge < -0.3 is 48.6 Å². The number of amides is 2. The first-order chi connectivity index (χ1) is 29.7. The molecule has 2 amide bonds. The molecule has 2 aliphatic heterocycles. The molecule has 1 unspecified atom stereocenters. The summed E-state index contributed by atoms with van der Waals surface area (Å²) in [7, 11) is 0. The number of nitrogens with one attached hydrogen (secondary N) is 3. The van der Waals surface area contributed by atoms with E-state index in [9.17, 15) is 28.8 Å². The molecule has 16 nitrogen and oxygen atoms in total. The van der Waals surface area contributed by atoms with Gasteiger partial charge >= 0.3 is 23.9 Å². The van der Waals surface area contributed by atoms with Gasteiger partial charge in [-0.05, 0) is 53.8 Å². The van der Waals surface area contributed by atoms with Crippen LogP contribution in [0, 0.1) is 0 Å². The maximum absolute atomic E-state index is 14.6. The summed E-state index contributed by atoms with van der Waals surface area (Å²) in [5.41, 5.74) is 3.93. The molecule has 1 fully saturated rings. The summed E-state index contributed by atoms with van der Waals surface area (Å²) in [4.78, 5) is 84.8. The molecule has 6 atom stereocenters. The van der Waals surface area contributed by atoms with Crippen LogP contribution in [0.4, 0.5) is 11.4 Å². The zero-order chi connectivity index (χ0) is 43.8. The molecular weight excluding hydrogens is 824 g/mol. The lowest BCUT2D eigenvalue weighted by Gasteiger charge is -2.44. The molecular formula is C45H41ClN4O12. The summed E-state index contributed by atoms with van der Waals surface area (Å²) in [5.74, 6) is -3.53. The lowest BCUT2D eigenvalue weighted by atomic mass is 9.93. The van der Waals surface area contributed by atoms with E-state index in [-0.39, 0.29) is 23.9 Å². The van der Waals surface area contributed by atoms with Crippen LogP contribution in [0.1, 0.15) is 54.2 Å². The lowest BCUT2D eigenvalue weighted by Crippen LogP contribution is -2.63. The Bertz CT molecular complexity index is 2730. The highest BCUT2D eigenvalue weighted by Crippen LogP contribution is 2.42. The van der Waals surface area contributed by atoms with Crippen LogP contribution >= 0.6 is 11.6 Å². The molecule has 0 radical (unpaired) electrons. The number of aromatic amines is 2. The Morgan fingerprint density at radius 2 is 1.37 bits per heavy atom. The Labute approximate surface area is 358 Å². The quantitative estimate of drug-likeness (QED) is 0.0786. The fraction of sp³-hybridized carbons (Fsp3) is 0.289. The Hall–Kier alpha value is -6.91. The first kappa shape index (κ1) is 41.8. The van der Waals surface area contributed by atoms with Gasteiger partial charge in [-0.2, -0.15) is 0 Å². The minimum atomic E-state index is -1.52. The van der Waals surface area contributed by atoms with E-state index in [2.05, 4.69) is 15.3 Å². The summed E-state index contributed by atoms with van der Waals surface area (Å²) < 4.78 is 34.8. The number of hydrogen-bond donors (Lipinski definition) is 3. The molecule has 320 valence electrons. The summed E-state index contributed by atoms with van der Waals surface area (Å²) in [6.07, 6.45) is -6.68. The Morgan fingerprint density at radius 3 is 2.10 bits per heavy atom. The van der Waals surface area contributed by atoms with Crippen LogP contribution in [0.3, 0.4) is 0 Å². The number of esters is 4. The van der Waals surface area contributed by atoms with Crippen LogP contribution in [-0.2, 0) is 49.3 Å². The van der Waals surface area contributed by atoms with E-state index in [1.807, 2.05) is 36.4 Å². The summed E-state index contributed by atoms with van der Waals surface area (Å²) in [6, 6.07) is 25.3. The van der Waals surface area contributed by atoms with Gasteiger partial charge in [0.2, 0.25) is 12.4 Å². The van der Waals surface area contributed by atoms with Crippen LogP contribution in [0.15, 0.2) is 84.9 Å². The molecule has 17 heteroatoms. The number of halogens is 1. The molecule has 6 aromatic rings. The fourth-order valence-corrected chi connectivity index (χ4v) is 8.28. The fourth-order valence-electron chi connectivity index (χ4n) is 7.99. The first-order valence-corrected chi connectivity index (χ1v) is 20.2. The topological polar surface area (TPSA) is 205 Å². The molecule has 4 aromatic carbocycles. The predicted octanol–water partition coefficient (Wildman–Crippen LogP) is 6.33. The Balaban J connectivity index is 1.13. The van der Waals surface area contributed by atoms with Crippen molar-refractivity contribution in [3.63, 3.8) is 0 Å². The van der Waals surface area contributed by atoms with Crippen LogP contribution in [0.25, 0.3) is 32.6 Å². The second-order valence-electron chi connectivity index (χ2n) is 15.0. The van der Waals surface area contributed by atoms with E-state index in [4.69, 9.17) is 40.0 Å². The zero-order valence-electron chi connectivity index (χ0n) is 33.9. The van der Waals surface area contributed by atoms with E-state index in [1.165, 1.54) is 6.92 Å². The van der Waals surface area contributed by atoms with Gasteiger partial charge in [-0.15, -0.1) is 11.6 Å². The minimum absolute atomic E-state index is 0.130. The molecule has 8 rings (SSSR count). The van der Waals surface area contributed by atoms with E-state index in [0.29, 0.717) is 45.2 Å². The van der Waals surface area contributed by atoms with Crippen LogP contribution in [-0.4, -0.2) is 94.9 Å². The number of H-pyrrole nitrogens is 2. The Morgan fingerprint density at radius 1 is 0.726 bits per heavy atom. The van der Waals surface area contributed by atoms with E-state index >= 15 is 0 Å². The number of fused-ring (bicyclic) bond motifs is 5. The standard InChI is InChI=1S/C45H41ClN4O12/c1-22(51)57-21-39-40(58-23(2)52)41(59-24(3)53)42(60-25(4)54)45(62-39)61-38-19-37-32(30-10-6-7-11-31(30)38)18-28(46)20-50(37)44(56)36-17-27-15-29(13-14-34(27)49-36)47-43(55)35-16-26-9-5-8-12-33(26)48-35/h5-17,19,28,39-42,45,48-49H,18,20-21H2,1-4H3,(H,47,55)/t28?,39-,40+,41+,42-,45-/m1/s1. The minimum Gasteiger partial charge on any atom is -0.463 e. The number of ether oxygens (including phenoxy) is 6. The van der Waals surface area contributed by atoms with Gasteiger partial charge in [0.05, 0.1) is 11.1 Å². The van der Waals surface area contributed by atoms with E-state index in [1.54, 1.807) is 53.4 Å². The van der Waals surface area contributed by atoms with Crippen molar-refractivity contribution in [2.45, 2.75) is 70.2 Å². The maximum atomic E-state index is 14.6. The molecule has 0 bridgehead atoms. The van der Waals surface area contributed by atoms with Crippen molar-refractivity contribution in [1.82, 2.24) is 9.97 Å². The van der Waals surface area contributed by atoms with Crippen LogP contribution in [0.5, 0.6) is 5.75 Å². The third kappa shape index (κ3) is 8.64. The molecule has 0 aliphatic carbocycles. The summed E-state index contributed by atoms with van der Waals surface area (Å²) in [5, 5.41) is 5.34. The summed E-state index contributed by atoms with van der Waals surface area (Å²) >= 11 is 6.87. The number of carbonyl (C=O) groups excluding carboxylic acids is 6. The van der Waals surface area contributed by atoms with E-state index in [0.717, 1.165) is 37.2 Å². The molecule has 1 saturated heterocycles. The number of carbonyl (C=O) groups is 6. The number of rotatable bonds is 10. The smallest absolute Gasteiger partial charge is 0.303 e. The van der Waals surface area contributed by atoms with Gasteiger partial charge in [-0.3, -0.25) is 28.8 Å². The third-order valence-corrected chi connectivity index (χ3v) is 10.8. The highest BCUT2D eigenvalue weighted by atomic mass is 35.5.